The number of carbonyl (C=O) groups excluding carboxylic acids is 2. The van der Waals surface area contributed by atoms with Gasteiger partial charge in [-0.2, -0.15) is 0 Å². The minimum atomic E-state index is -0.506. The average Bonchev–Trinajstić information content (AvgIpc) is 2.67. The predicted molar refractivity (Wildman–Crippen MR) is 107 cm³/mol. The summed E-state index contributed by atoms with van der Waals surface area (Å²) in [6.07, 6.45) is 0.426. The fourth-order valence-corrected chi connectivity index (χ4v) is 2.97. The minimum Gasteiger partial charge on any atom is -0.496 e. The number of hydrogen-bond acceptors (Lipinski definition) is 5. The van der Waals surface area contributed by atoms with Crippen LogP contribution >= 0.6 is 0 Å². The van der Waals surface area contributed by atoms with Crippen molar-refractivity contribution < 1.29 is 23.8 Å². The highest BCUT2D eigenvalue weighted by Gasteiger charge is 2.18. The molecule has 0 spiro atoms. The zero-order valence-corrected chi connectivity index (χ0v) is 16.9. The van der Waals surface area contributed by atoms with Crippen molar-refractivity contribution in [3.63, 3.8) is 0 Å². The van der Waals surface area contributed by atoms with Crippen molar-refractivity contribution in [3.8, 4) is 11.5 Å². The number of methoxy groups -OCH3 is 2. The number of primary amides is 1. The van der Waals surface area contributed by atoms with Gasteiger partial charge in [0.15, 0.2) is 0 Å². The number of rotatable bonds is 8. The van der Waals surface area contributed by atoms with Gasteiger partial charge in [-0.25, -0.2) is 4.79 Å². The SMILES string of the molecule is COC(=O)c1ccc(C(C)Oc2cc(C(N)=O)ccc2CC(C)C)c(OC)c1. The molecule has 0 saturated carbocycles. The third kappa shape index (κ3) is 5.03. The summed E-state index contributed by atoms with van der Waals surface area (Å²) in [5.74, 6) is 0.606. The van der Waals surface area contributed by atoms with Crippen LogP contribution in [0.3, 0.4) is 0 Å². The average molecular weight is 385 g/mol. The van der Waals surface area contributed by atoms with Gasteiger partial charge in [0.1, 0.15) is 17.6 Å². The Morgan fingerprint density at radius 1 is 0.964 bits per heavy atom. The fourth-order valence-electron chi connectivity index (χ4n) is 2.97. The maximum absolute atomic E-state index is 11.7. The molecule has 0 aromatic heterocycles. The molecule has 6 heteroatoms. The Labute approximate surface area is 165 Å². The molecule has 2 aromatic carbocycles. The summed E-state index contributed by atoms with van der Waals surface area (Å²) in [5, 5.41) is 0. The van der Waals surface area contributed by atoms with Crippen LogP contribution in [0.2, 0.25) is 0 Å². The molecule has 2 N–H and O–H groups in total. The van der Waals surface area contributed by atoms with Crippen LogP contribution in [0.4, 0.5) is 0 Å². The third-order valence-electron chi connectivity index (χ3n) is 4.38. The number of hydrogen-bond donors (Lipinski definition) is 1. The van der Waals surface area contributed by atoms with E-state index in [1.54, 1.807) is 30.3 Å². The van der Waals surface area contributed by atoms with Crippen LogP contribution in [-0.4, -0.2) is 26.1 Å². The first-order valence-corrected chi connectivity index (χ1v) is 9.12. The van der Waals surface area contributed by atoms with E-state index in [-0.39, 0.29) is 6.10 Å². The molecule has 0 bridgehead atoms. The van der Waals surface area contributed by atoms with E-state index in [0.717, 1.165) is 17.5 Å². The highest BCUT2D eigenvalue weighted by atomic mass is 16.5. The van der Waals surface area contributed by atoms with Crippen LogP contribution in [0.5, 0.6) is 11.5 Å². The van der Waals surface area contributed by atoms with E-state index in [1.807, 2.05) is 13.0 Å². The summed E-state index contributed by atoms with van der Waals surface area (Å²) in [7, 11) is 2.86. The minimum absolute atomic E-state index is 0.379. The lowest BCUT2D eigenvalue weighted by atomic mass is 10.00. The Balaban J connectivity index is 2.38. The first-order valence-electron chi connectivity index (χ1n) is 9.12. The van der Waals surface area contributed by atoms with E-state index in [0.29, 0.717) is 28.5 Å². The molecule has 0 radical (unpaired) electrons. The summed E-state index contributed by atoms with van der Waals surface area (Å²) in [5.41, 5.74) is 7.98. The quantitative estimate of drug-likeness (QED) is 0.696. The van der Waals surface area contributed by atoms with Gasteiger partial charge in [0.25, 0.3) is 0 Å². The molecule has 1 unspecified atom stereocenters. The predicted octanol–water partition coefficient (Wildman–Crippen LogP) is 3.92. The largest absolute Gasteiger partial charge is 0.496 e. The molecule has 6 nitrogen and oxygen atoms in total. The normalized spacial score (nSPS) is 11.8. The van der Waals surface area contributed by atoms with Crippen LogP contribution in [0.1, 0.15) is 58.7 Å². The summed E-state index contributed by atoms with van der Waals surface area (Å²) in [6, 6.07) is 10.3. The number of benzene rings is 2. The highest BCUT2D eigenvalue weighted by Crippen LogP contribution is 2.33. The molecule has 0 saturated heterocycles. The Morgan fingerprint density at radius 2 is 1.61 bits per heavy atom. The van der Waals surface area contributed by atoms with Gasteiger partial charge in [-0.05, 0) is 49.1 Å². The Morgan fingerprint density at radius 3 is 2.18 bits per heavy atom. The van der Waals surface area contributed by atoms with Gasteiger partial charge in [0, 0.05) is 11.1 Å². The van der Waals surface area contributed by atoms with Gasteiger partial charge in [-0.3, -0.25) is 4.79 Å². The second-order valence-electron chi connectivity index (χ2n) is 6.99. The van der Waals surface area contributed by atoms with Crippen LogP contribution in [0.15, 0.2) is 36.4 Å². The number of carbonyl (C=O) groups is 2. The third-order valence-corrected chi connectivity index (χ3v) is 4.38. The van der Waals surface area contributed by atoms with Crippen LogP contribution < -0.4 is 15.2 Å². The van der Waals surface area contributed by atoms with E-state index in [1.165, 1.54) is 14.2 Å². The van der Waals surface area contributed by atoms with Crippen molar-refractivity contribution >= 4 is 11.9 Å². The summed E-state index contributed by atoms with van der Waals surface area (Å²) < 4.78 is 16.4. The molecule has 0 heterocycles. The van der Waals surface area contributed by atoms with Crippen molar-refractivity contribution in [2.24, 2.45) is 11.7 Å². The monoisotopic (exact) mass is 385 g/mol. The Bertz CT molecular complexity index is 860. The smallest absolute Gasteiger partial charge is 0.337 e. The first-order chi connectivity index (χ1) is 13.3. The van der Waals surface area contributed by atoms with Gasteiger partial charge >= 0.3 is 5.97 Å². The molecular formula is C22H27NO5. The van der Waals surface area contributed by atoms with Crippen molar-refractivity contribution in [1.82, 2.24) is 0 Å². The first kappa shape index (κ1) is 21.3. The van der Waals surface area contributed by atoms with E-state index in [4.69, 9.17) is 19.9 Å². The number of amides is 1. The number of esters is 1. The van der Waals surface area contributed by atoms with Gasteiger partial charge in [0.2, 0.25) is 5.91 Å². The molecule has 0 aliphatic carbocycles. The molecule has 0 aliphatic heterocycles. The van der Waals surface area contributed by atoms with Crippen LogP contribution in [-0.2, 0) is 11.2 Å². The Kier molecular flexibility index (Phi) is 7.04. The van der Waals surface area contributed by atoms with Gasteiger partial charge < -0.3 is 19.9 Å². The maximum atomic E-state index is 11.7. The standard InChI is InChI=1S/C22H27NO5/c1-13(2)10-15-6-7-16(21(23)24)11-19(15)28-14(3)18-9-8-17(22(25)27-5)12-20(18)26-4/h6-9,11-14H,10H2,1-5H3,(H2,23,24). The molecule has 1 atom stereocenters. The lowest BCUT2D eigenvalue weighted by Crippen LogP contribution is -2.13. The van der Waals surface area contributed by atoms with Crippen molar-refractivity contribution in [2.45, 2.75) is 33.3 Å². The molecule has 2 aromatic rings. The zero-order valence-electron chi connectivity index (χ0n) is 16.9. The molecule has 150 valence electrons. The van der Waals surface area contributed by atoms with E-state index in [2.05, 4.69) is 13.8 Å². The van der Waals surface area contributed by atoms with Gasteiger partial charge in [-0.1, -0.05) is 26.0 Å². The summed E-state index contributed by atoms with van der Waals surface area (Å²) in [4.78, 5) is 23.3. The Hall–Kier alpha value is -3.02. The van der Waals surface area contributed by atoms with Gasteiger partial charge in [0.05, 0.1) is 19.8 Å². The van der Waals surface area contributed by atoms with E-state index < -0.39 is 11.9 Å². The lowest BCUT2D eigenvalue weighted by Gasteiger charge is -2.21. The highest BCUT2D eigenvalue weighted by molar-refractivity contribution is 5.93. The summed E-state index contributed by atoms with van der Waals surface area (Å²) in [6.45, 7) is 6.11. The molecule has 1 amide bonds. The van der Waals surface area contributed by atoms with E-state index in [9.17, 15) is 9.59 Å². The molecule has 0 fully saturated rings. The fraction of sp³-hybridized carbons (Fsp3) is 0.364. The maximum Gasteiger partial charge on any atom is 0.337 e. The van der Waals surface area contributed by atoms with Crippen LogP contribution in [0, 0.1) is 5.92 Å². The van der Waals surface area contributed by atoms with Crippen molar-refractivity contribution in [1.29, 1.82) is 0 Å². The molecular weight excluding hydrogens is 358 g/mol. The zero-order chi connectivity index (χ0) is 20.8. The second kappa shape index (κ2) is 9.26. The summed E-state index contributed by atoms with van der Waals surface area (Å²) >= 11 is 0. The molecule has 2 rings (SSSR count). The van der Waals surface area contributed by atoms with Crippen molar-refractivity contribution in [3.05, 3.63) is 58.7 Å². The topological polar surface area (TPSA) is 87.9 Å². The lowest BCUT2D eigenvalue weighted by molar-refractivity contribution is 0.0600. The van der Waals surface area contributed by atoms with E-state index >= 15 is 0 Å². The van der Waals surface area contributed by atoms with Gasteiger partial charge in [-0.15, -0.1) is 0 Å². The number of nitrogens with two attached hydrogens (primary N) is 1. The van der Waals surface area contributed by atoms with Crippen LogP contribution in [0.25, 0.3) is 0 Å². The number of ether oxygens (including phenoxy) is 3. The van der Waals surface area contributed by atoms with Crippen molar-refractivity contribution in [2.75, 3.05) is 14.2 Å². The molecule has 28 heavy (non-hydrogen) atoms. The second-order valence-corrected chi connectivity index (χ2v) is 6.99. The molecule has 0 aliphatic rings.